The van der Waals surface area contributed by atoms with Gasteiger partial charge in [0.15, 0.2) is 0 Å². The predicted molar refractivity (Wildman–Crippen MR) is 105 cm³/mol. The number of aromatic nitrogens is 1. The van der Waals surface area contributed by atoms with Crippen LogP contribution in [-0.4, -0.2) is 38.7 Å². The van der Waals surface area contributed by atoms with Crippen molar-refractivity contribution in [1.82, 2.24) is 4.57 Å². The van der Waals surface area contributed by atoms with Gasteiger partial charge >= 0.3 is 17.9 Å². The van der Waals surface area contributed by atoms with Gasteiger partial charge in [-0.1, -0.05) is 0 Å². The lowest BCUT2D eigenvalue weighted by atomic mass is 9.97. The topological polar surface area (TPSA) is 132 Å². The molecule has 1 heterocycles. The standard InChI is InChI=1S/C16H22N2O2.C4H4O4/c1-11(17)10-18-8-7-12-5-6-13(9-14(12)18)20-15(19)16(2,3)4;5-3(6)1-2-4(7)8/h5-9,11H,10,17H2,1-4H3;1-2H,(H,5,6)(H,7,8)/b;2-1+/t11-;/m1./s1. The molecule has 0 saturated heterocycles. The molecular weight excluding hydrogens is 364 g/mol. The molecule has 0 spiro atoms. The number of carboxylic acids is 2. The third-order valence-corrected chi connectivity index (χ3v) is 3.42. The average Bonchev–Trinajstić information content (AvgIpc) is 2.94. The fourth-order valence-corrected chi connectivity index (χ4v) is 2.10. The van der Waals surface area contributed by atoms with E-state index in [1.54, 1.807) is 0 Å². The summed E-state index contributed by atoms with van der Waals surface area (Å²) in [4.78, 5) is 31.0. The molecule has 2 aromatic rings. The molecule has 1 aromatic heterocycles. The van der Waals surface area contributed by atoms with E-state index in [2.05, 4.69) is 4.57 Å². The van der Waals surface area contributed by atoms with Gasteiger partial charge in [0.2, 0.25) is 0 Å². The SMILES string of the molecule is C[C@@H](N)Cn1ccc2ccc(OC(=O)C(C)(C)C)cc21.O=C(O)/C=C/C(=O)O. The monoisotopic (exact) mass is 390 g/mol. The number of carboxylic acid groups (broad SMARTS) is 2. The van der Waals surface area contributed by atoms with E-state index in [1.165, 1.54) is 0 Å². The minimum Gasteiger partial charge on any atom is -0.478 e. The molecule has 0 unspecified atom stereocenters. The van der Waals surface area contributed by atoms with Crippen LogP contribution in [0.4, 0.5) is 0 Å². The number of nitrogens with two attached hydrogens (primary N) is 1. The molecule has 0 amide bonds. The van der Waals surface area contributed by atoms with Crippen LogP contribution in [0.25, 0.3) is 10.9 Å². The molecule has 0 aliphatic rings. The van der Waals surface area contributed by atoms with Crippen molar-refractivity contribution in [3.05, 3.63) is 42.6 Å². The number of rotatable bonds is 5. The van der Waals surface area contributed by atoms with E-state index in [9.17, 15) is 14.4 Å². The lowest BCUT2D eigenvalue weighted by Gasteiger charge is -2.16. The molecule has 8 heteroatoms. The number of hydrogen-bond acceptors (Lipinski definition) is 5. The van der Waals surface area contributed by atoms with Gasteiger partial charge in [-0.3, -0.25) is 4.79 Å². The number of fused-ring (bicyclic) bond motifs is 1. The zero-order chi connectivity index (χ0) is 21.5. The molecule has 0 radical (unpaired) electrons. The highest BCUT2D eigenvalue weighted by Gasteiger charge is 2.23. The Morgan fingerprint density at radius 2 is 1.71 bits per heavy atom. The molecule has 0 bridgehead atoms. The van der Waals surface area contributed by atoms with E-state index in [1.807, 2.05) is 58.2 Å². The number of nitrogens with zero attached hydrogens (tertiary/aromatic N) is 1. The van der Waals surface area contributed by atoms with Crippen molar-refractivity contribution in [3.8, 4) is 5.75 Å². The first kappa shape index (κ1) is 22.9. The highest BCUT2D eigenvalue weighted by Crippen LogP contribution is 2.24. The minimum atomic E-state index is -1.26. The third kappa shape index (κ3) is 7.63. The Morgan fingerprint density at radius 1 is 1.14 bits per heavy atom. The van der Waals surface area contributed by atoms with Gasteiger partial charge in [-0.05, 0) is 51.3 Å². The van der Waals surface area contributed by atoms with Crippen LogP contribution in [0, 0.1) is 5.41 Å². The third-order valence-electron chi connectivity index (χ3n) is 3.42. The van der Waals surface area contributed by atoms with Gasteiger partial charge in [-0.2, -0.15) is 0 Å². The Balaban J connectivity index is 0.000000416. The number of carbonyl (C=O) groups excluding carboxylic acids is 1. The van der Waals surface area contributed by atoms with Gasteiger partial charge in [0.05, 0.1) is 10.9 Å². The maximum atomic E-state index is 11.9. The van der Waals surface area contributed by atoms with Crippen LogP contribution >= 0.6 is 0 Å². The Morgan fingerprint density at radius 3 is 2.18 bits per heavy atom. The maximum absolute atomic E-state index is 11.9. The van der Waals surface area contributed by atoms with E-state index in [-0.39, 0.29) is 12.0 Å². The molecule has 0 aliphatic heterocycles. The van der Waals surface area contributed by atoms with Crippen LogP contribution in [-0.2, 0) is 20.9 Å². The van der Waals surface area contributed by atoms with Gasteiger partial charge in [0.25, 0.3) is 0 Å². The van der Waals surface area contributed by atoms with Gasteiger partial charge in [0.1, 0.15) is 5.75 Å². The van der Waals surface area contributed by atoms with Crippen molar-refractivity contribution in [1.29, 1.82) is 0 Å². The second-order valence-corrected chi connectivity index (χ2v) is 7.32. The summed E-state index contributed by atoms with van der Waals surface area (Å²) in [7, 11) is 0. The number of esters is 1. The first-order valence-electron chi connectivity index (χ1n) is 8.61. The molecule has 152 valence electrons. The van der Waals surface area contributed by atoms with Crippen LogP contribution in [0.15, 0.2) is 42.6 Å². The van der Waals surface area contributed by atoms with Crippen molar-refractivity contribution in [3.63, 3.8) is 0 Å². The normalized spacial score (nSPS) is 12.3. The Labute approximate surface area is 163 Å². The zero-order valence-electron chi connectivity index (χ0n) is 16.4. The highest BCUT2D eigenvalue weighted by atomic mass is 16.5. The second-order valence-electron chi connectivity index (χ2n) is 7.32. The molecule has 0 saturated carbocycles. The van der Waals surface area contributed by atoms with E-state index in [0.29, 0.717) is 17.9 Å². The smallest absolute Gasteiger partial charge is 0.328 e. The summed E-state index contributed by atoms with van der Waals surface area (Å²) >= 11 is 0. The van der Waals surface area contributed by atoms with E-state index < -0.39 is 17.4 Å². The first-order chi connectivity index (χ1) is 12.9. The Hall–Kier alpha value is -3.13. The van der Waals surface area contributed by atoms with Gasteiger partial charge in [-0.15, -0.1) is 0 Å². The van der Waals surface area contributed by atoms with Crippen LogP contribution in [0.3, 0.4) is 0 Å². The van der Waals surface area contributed by atoms with Crippen molar-refractivity contribution in [2.24, 2.45) is 11.1 Å². The van der Waals surface area contributed by atoms with E-state index in [4.69, 9.17) is 20.7 Å². The summed E-state index contributed by atoms with van der Waals surface area (Å²) in [5.74, 6) is -2.18. The van der Waals surface area contributed by atoms with Crippen LogP contribution in [0.5, 0.6) is 5.75 Å². The lowest BCUT2D eigenvalue weighted by molar-refractivity contribution is -0.143. The zero-order valence-corrected chi connectivity index (χ0v) is 16.4. The van der Waals surface area contributed by atoms with Gasteiger partial charge in [-0.25, -0.2) is 9.59 Å². The van der Waals surface area contributed by atoms with Crippen molar-refractivity contribution in [2.45, 2.75) is 40.3 Å². The number of hydrogen-bond donors (Lipinski definition) is 3. The average molecular weight is 390 g/mol. The van der Waals surface area contributed by atoms with Crippen molar-refractivity contribution < 1.29 is 29.3 Å². The minimum absolute atomic E-state index is 0.0754. The number of ether oxygens (including phenoxy) is 1. The summed E-state index contributed by atoms with van der Waals surface area (Å²) in [5, 5.41) is 16.7. The molecule has 4 N–H and O–H groups in total. The van der Waals surface area contributed by atoms with Crippen LogP contribution in [0.2, 0.25) is 0 Å². The lowest BCUT2D eigenvalue weighted by Crippen LogP contribution is -2.25. The number of benzene rings is 1. The number of aliphatic carboxylic acids is 2. The fraction of sp³-hybridized carbons (Fsp3) is 0.350. The Kier molecular flexibility index (Phi) is 7.94. The summed E-state index contributed by atoms with van der Waals surface area (Å²) in [6, 6.07) is 7.78. The van der Waals surface area contributed by atoms with Crippen molar-refractivity contribution >= 4 is 28.8 Å². The fourth-order valence-electron chi connectivity index (χ4n) is 2.10. The number of carbonyl (C=O) groups is 3. The van der Waals surface area contributed by atoms with E-state index in [0.717, 1.165) is 17.4 Å². The molecule has 8 nitrogen and oxygen atoms in total. The largest absolute Gasteiger partial charge is 0.478 e. The summed E-state index contributed by atoms with van der Waals surface area (Å²) in [6.45, 7) is 8.22. The molecule has 0 fully saturated rings. The highest BCUT2D eigenvalue weighted by molar-refractivity contribution is 5.89. The first-order valence-corrected chi connectivity index (χ1v) is 8.61. The molecule has 28 heavy (non-hydrogen) atoms. The molecule has 0 aliphatic carbocycles. The second kappa shape index (κ2) is 9.70. The van der Waals surface area contributed by atoms with E-state index >= 15 is 0 Å². The van der Waals surface area contributed by atoms with Crippen LogP contribution < -0.4 is 10.5 Å². The summed E-state index contributed by atoms with van der Waals surface area (Å²) < 4.78 is 7.51. The Bertz CT molecular complexity index is 858. The van der Waals surface area contributed by atoms with Gasteiger partial charge < -0.3 is 25.3 Å². The molecule has 2 rings (SSSR count). The van der Waals surface area contributed by atoms with Crippen molar-refractivity contribution in [2.75, 3.05) is 0 Å². The van der Waals surface area contributed by atoms with Crippen LogP contribution in [0.1, 0.15) is 27.7 Å². The summed E-state index contributed by atoms with van der Waals surface area (Å²) in [6.07, 6.45) is 3.12. The maximum Gasteiger partial charge on any atom is 0.328 e. The molecule has 1 atom stereocenters. The summed E-state index contributed by atoms with van der Waals surface area (Å²) in [5.41, 5.74) is 6.36. The molecule has 1 aromatic carbocycles. The molecular formula is C20H26N2O6. The van der Waals surface area contributed by atoms with Gasteiger partial charge in [0, 0.05) is 37.0 Å². The quantitative estimate of drug-likeness (QED) is 0.406. The predicted octanol–water partition coefficient (Wildman–Crippen LogP) is 2.65.